The molecule has 108 valence electrons. The highest BCUT2D eigenvalue weighted by molar-refractivity contribution is 9.10. The van der Waals surface area contributed by atoms with E-state index in [1.165, 1.54) is 0 Å². The summed E-state index contributed by atoms with van der Waals surface area (Å²) in [6.07, 6.45) is 1.63. The Balaban J connectivity index is 2.56. The average molecular weight is 361 g/mol. The number of rotatable bonds is 5. The molecule has 0 saturated heterocycles. The van der Waals surface area contributed by atoms with Crippen LogP contribution in [0.15, 0.2) is 33.5 Å². The maximum absolute atomic E-state index is 6.30. The third-order valence-electron chi connectivity index (χ3n) is 3.07. The molecule has 6 heteroatoms. The zero-order chi connectivity index (χ0) is 14.7. The quantitative estimate of drug-likeness (QED) is 0.874. The van der Waals surface area contributed by atoms with Gasteiger partial charge in [0.15, 0.2) is 4.67 Å². The number of hydrogen-bond acceptors (Lipinski definition) is 4. The summed E-state index contributed by atoms with van der Waals surface area (Å²) in [6.45, 7) is 0. The number of halogens is 2. The van der Waals surface area contributed by atoms with Crippen LogP contribution in [0.5, 0.6) is 11.5 Å². The van der Waals surface area contributed by atoms with Crippen molar-refractivity contribution in [2.24, 2.45) is 0 Å². The summed E-state index contributed by atoms with van der Waals surface area (Å²) in [5, 5.41) is 3.68. The van der Waals surface area contributed by atoms with Gasteiger partial charge in [-0.1, -0.05) is 11.6 Å². The van der Waals surface area contributed by atoms with Crippen molar-refractivity contribution < 1.29 is 13.9 Å². The average Bonchev–Trinajstić information content (AvgIpc) is 2.86. The van der Waals surface area contributed by atoms with Crippen molar-refractivity contribution in [3.63, 3.8) is 0 Å². The lowest BCUT2D eigenvalue weighted by molar-refractivity contribution is 0.388. The number of furan rings is 1. The molecule has 1 heterocycles. The van der Waals surface area contributed by atoms with E-state index >= 15 is 0 Å². The standard InChI is InChI=1S/C14H15BrClNO3/c1-17-12(9-6-7-20-14(9)15)8-4-5-10(18-2)11(16)13(8)19-3/h4-7,12,17H,1-3H3. The van der Waals surface area contributed by atoms with Gasteiger partial charge in [-0.2, -0.15) is 0 Å². The second-order valence-corrected chi connectivity index (χ2v) is 5.17. The maximum Gasteiger partial charge on any atom is 0.174 e. The fourth-order valence-corrected chi connectivity index (χ4v) is 2.93. The van der Waals surface area contributed by atoms with Gasteiger partial charge in [-0.05, 0) is 41.2 Å². The molecule has 1 atom stereocenters. The van der Waals surface area contributed by atoms with E-state index in [1.54, 1.807) is 20.5 Å². The Morgan fingerprint density at radius 1 is 1.20 bits per heavy atom. The van der Waals surface area contributed by atoms with Gasteiger partial charge in [0.1, 0.15) is 16.5 Å². The van der Waals surface area contributed by atoms with Crippen molar-refractivity contribution in [3.8, 4) is 11.5 Å². The fraction of sp³-hybridized carbons (Fsp3) is 0.286. The molecule has 0 amide bonds. The molecule has 0 aliphatic carbocycles. The molecule has 0 saturated carbocycles. The van der Waals surface area contributed by atoms with Crippen molar-refractivity contribution in [3.05, 3.63) is 45.3 Å². The number of methoxy groups -OCH3 is 2. The van der Waals surface area contributed by atoms with E-state index < -0.39 is 0 Å². The van der Waals surface area contributed by atoms with Gasteiger partial charge in [-0.15, -0.1) is 0 Å². The molecule has 1 aromatic carbocycles. The maximum atomic E-state index is 6.30. The second kappa shape index (κ2) is 6.52. The highest BCUT2D eigenvalue weighted by Crippen LogP contribution is 2.42. The van der Waals surface area contributed by atoms with E-state index in [0.29, 0.717) is 21.2 Å². The third kappa shape index (κ3) is 2.66. The monoisotopic (exact) mass is 359 g/mol. The first kappa shape index (κ1) is 15.2. The Bertz CT molecular complexity index is 600. The van der Waals surface area contributed by atoms with Crippen LogP contribution >= 0.6 is 27.5 Å². The zero-order valence-electron chi connectivity index (χ0n) is 11.4. The van der Waals surface area contributed by atoms with Crippen LogP contribution in [-0.2, 0) is 0 Å². The number of nitrogens with one attached hydrogen (secondary N) is 1. The van der Waals surface area contributed by atoms with Gasteiger partial charge >= 0.3 is 0 Å². The number of hydrogen-bond donors (Lipinski definition) is 1. The predicted molar refractivity (Wildman–Crippen MR) is 81.9 cm³/mol. The summed E-state index contributed by atoms with van der Waals surface area (Å²) in [5.41, 5.74) is 1.87. The summed E-state index contributed by atoms with van der Waals surface area (Å²) >= 11 is 9.70. The van der Waals surface area contributed by atoms with Gasteiger partial charge in [0, 0.05) is 11.1 Å². The van der Waals surface area contributed by atoms with Crippen molar-refractivity contribution >= 4 is 27.5 Å². The highest BCUT2D eigenvalue weighted by Gasteiger charge is 2.23. The minimum absolute atomic E-state index is 0.110. The molecule has 0 bridgehead atoms. The van der Waals surface area contributed by atoms with Crippen LogP contribution in [0.4, 0.5) is 0 Å². The summed E-state index contributed by atoms with van der Waals surface area (Å²) in [6, 6.07) is 5.52. The lowest BCUT2D eigenvalue weighted by atomic mass is 10.00. The van der Waals surface area contributed by atoms with Gasteiger partial charge < -0.3 is 19.2 Å². The fourth-order valence-electron chi connectivity index (χ4n) is 2.13. The highest BCUT2D eigenvalue weighted by atomic mass is 79.9. The van der Waals surface area contributed by atoms with Crippen molar-refractivity contribution in [1.82, 2.24) is 5.32 Å². The lowest BCUT2D eigenvalue weighted by Gasteiger charge is -2.20. The first-order valence-corrected chi connectivity index (χ1v) is 7.11. The summed E-state index contributed by atoms with van der Waals surface area (Å²) in [7, 11) is 5.02. The minimum Gasteiger partial charge on any atom is -0.495 e. The summed E-state index contributed by atoms with van der Waals surface area (Å²) < 4.78 is 16.6. The van der Waals surface area contributed by atoms with E-state index in [1.807, 2.05) is 25.2 Å². The minimum atomic E-state index is -0.110. The molecule has 2 rings (SSSR count). The van der Waals surface area contributed by atoms with Crippen molar-refractivity contribution in [2.45, 2.75) is 6.04 Å². The molecule has 1 N–H and O–H groups in total. The van der Waals surface area contributed by atoms with Crippen LogP contribution in [0.1, 0.15) is 17.2 Å². The molecule has 0 aliphatic heterocycles. The normalized spacial score (nSPS) is 12.2. The first-order chi connectivity index (χ1) is 9.63. The molecule has 0 spiro atoms. The number of ether oxygens (including phenoxy) is 2. The molecule has 0 aliphatic rings. The third-order valence-corrected chi connectivity index (χ3v) is 4.08. The van der Waals surface area contributed by atoms with Crippen LogP contribution in [0.2, 0.25) is 5.02 Å². The van der Waals surface area contributed by atoms with E-state index in [-0.39, 0.29) is 6.04 Å². The zero-order valence-corrected chi connectivity index (χ0v) is 13.7. The molecule has 4 nitrogen and oxygen atoms in total. The van der Waals surface area contributed by atoms with Crippen molar-refractivity contribution in [2.75, 3.05) is 21.3 Å². The SMILES string of the molecule is CNC(c1ccoc1Br)c1ccc(OC)c(Cl)c1OC. The number of benzene rings is 1. The Morgan fingerprint density at radius 2 is 1.95 bits per heavy atom. The van der Waals surface area contributed by atoms with Crippen LogP contribution in [0.3, 0.4) is 0 Å². The van der Waals surface area contributed by atoms with Crippen LogP contribution < -0.4 is 14.8 Å². The van der Waals surface area contributed by atoms with E-state index in [2.05, 4.69) is 21.2 Å². The Kier molecular flexibility index (Phi) is 4.96. The van der Waals surface area contributed by atoms with Crippen LogP contribution in [0.25, 0.3) is 0 Å². The van der Waals surface area contributed by atoms with E-state index in [0.717, 1.165) is 11.1 Å². The largest absolute Gasteiger partial charge is 0.495 e. The molecular formula is C14H15BrClNO3. The first-order valence-electron chi connectivity index (χ1n) is 5.94. The molecule has 0 fully saturated rings. The predicted octanol–water partition coefficient (Wildman–Crippen LogP) is 4.02. The van der Waals surface area contributed by atoms with Gasteiger partial charge in [0.2, 0.25) is 0 Å². The molecule has 0 radical (unpaired) electrons. The molecular weight excluding hydrogens is 346 g/mol. The Morgan fingerprint density at radius 3 is 2.45 bits per heavy atom. The lowest BCUT2D eigenvalue weighted by Crippen LogP contribution is -2.18. The van der Waals surface area contributed by atoms with E-state index in [4.69, 9.17) is 25.5 Å². The smallest absolute Gasteiger partial charge is 0.174 e. The van der Waals surface area contributed by atoms with Crippen LogP contribution in [-0.4, -0.2) is 21.3 Å². The molecule has 2 aromatic rings. The topological polar surface area (TPSA) is 43.6 Å². The van der Waals surface area contributed by atoms with Gasteiger partial charge in [-0.25, -0.2) is 0 Å². The molecule has 20 heavy (non-hydrogen) atoms. The Hall–Kier alpha value is -1.17. The van der Waals surface area contributed by atoms with Crippen LogP contribution in [0, 0.1) is 0 Å². The molecule has 1 aromatic heterocycles. The van der Waals surface area contributed by atoms with Gasteiger partial charge in [0.25, 0.3) is 0 Å². The molecule has 1 unspecified atom stereocenters. The van der Waals surface area contributed by atoms with Crippen molar-refractivity contribution in [1.29, 1.82) is 0 Å². The summed E-state index contributed by atoms with van der Waals surface area (Å²) in [4.78, 5) is 0. The summed E-state index contributed by atoms with van der Waals surface area (Å²) in [5.74, 6) is 1.16. The van der Waals surface area contributed by atoms with Gasteiger partial charge in [0.05, 0.1) is 26.5 Å². The second-order valence-electron chi connectivity index (χ2n) is 4.08. The Labute approximate surface area is 131 Å². The van der Waals surface area contributed by atoms with Gasteiger partial charge in [-0.3, -0.25) is 0 Å². The van der Waals surface area contributed by atoms with E-state index in [9.17, 15) is 0 Å².